The summed E-state index contributed by atoms with van der Waals surface area (Å²) in [6.45, 7) is 0.934. The van der Waals surface area contributed by atoms with Gasteiger partial charge in [0.1, 0.15) is 12.4 Å². The van der Waals surface area contributed by atoms with Crippen LogP contribution in [-0.4, -0.2) is 26.2 Å². The molecule has 4 nitrogen and oxygen atoms in total. The number of halogens is 1. The first-order valence-electron chi connectivity index (χ1n) is 6.93. The highest BCUT2D eigenvalue weighted by atomic mass is 35.5. The molecule has 1 fully saturated rings. The number of amides is 1. The van der Waals surface area contributed by atoms with Gasteiger partial charge in [-0.2, -0.15) is 0 Å². The maximum absolute atomic E-state index is 12.2. The summed E-state index contributed by atoms with van der Waals surface area (Å²) in [5.41, 5.74) is 0.630. The number of hydrogen-bond donors (Lipinski definition) is 1. The Morgan fingerprint density at radius 1 is 1.35 bits per heavy atom. The van der Waals surface area contributed by atoms with E-state index in [1.807, 2.05) is 0 Å². The Balaban J connectivity index is 2.03. The Kier molecular flexibility index (Phi) is 5.68. The molecule has 110 valence electrons. The van der Waals surface area contributed by atoms with Crippen molar-refractivity contribution in [3.05, 3.63) is 23.2 Å². The van der Waals surface area contributed by atoms with Gasteiger partial charge in [-0.1, -0.05) is 24.4 Å². The molecular formula is C15H20ClNO3. The Morgan fingerprint density at radius 2 is 2.10 bits per heavy atom. The van der Waals surface area contributed by atoms with Crippen LogP contribution in [0, 0.1) is 5.92 Å². The molecule has 0 aliphatic heterocycles. The second-order valence-electron chi connectivity index (χ2n) is 4.95. The number of ether oxygens (including phenoxy) is 2. The molecule has 1 aliphatic rings. The van der Waals surface area contributed by atoms with Crippen molar-refractivity contribution >= 4 is 23.2 Å². The molecule has 1 aliphatic carbocycles. The van der Waals surface area contributed by atoms with E-state index in [-0.39, 0.29) is 11.8 Å². The predicted molar refractivity (Wildman–Crippen MR) is 79.4 cm³/mol. The van der Waals surface area contributed by atoms with E-state index >= 15 is 0 Å². The first kappa shape index (κ1) is 15.1. The SMILES string of the molecule is COCCOc1ccc(Cl)cc1NC(=O)C1CCCC1. The molecule has 1 N–H and O–H groups in total. The van der Waals surface area contributed by atoms with Crippen molar-refractivity contribution in [1.82, 2.24) is 0 Å². The van der Waals surface area contributed by atoms with Crippen LogP contribution >= 0.6 is 11.6 Å². The standard InChI is InChI=1S/C15H20ClNO3/c1-19-8-9-20-14-7-6-12(16)10-13(14)17-15(18)11-4-2-3-5-11/h6-7,10-11H,2-5,8-9H2,1H3,(H,17,18). The summed E-state index contributed by atoms with van der Waals surface area (Å²) in [7, 11) is 1.62. The molecule has 0 heterocycles. The average molecular weight is 298 g/mol. The van der Waals surface area contributed by atoms with Gasteiger partial charge in [-0.3, -0.25) is 4.79 Å². The minimum Gasteiger partial charge on any atom is -0.489 e. The summed E-state index contributed by atoms with van der Waals surface area (Å²) >= 11 is 5.99. The van der Waals surface area contributed by atoms with Gasteiger partial charge in [0.15, 0.2) is 0 Å². The second kappa shape index (κ2) is 7.50. The van der Waals surface area contributed by atoms with Gasteiger partial charge in [0.2, 0.25) is 5.91 Å². The lowest BCUT2D eigenvalue weighted by Crippen LogP contribution is -2.21. The molecule has 1 saturated carbocycles. The Hall–Kier alpha value is -1.26. The number of benzene rings is 1. The molecule has 0 aromatic heterocycles. The predicted octanol–water partition coefficient (Wildman–Crippen LogP) is 3.49. The lowest BCUT2D eigenvalue weighted by molar-refractivity contribution is -0.119. The number of nitrogens with one attached hydrogen (secondary N) is 1. The highest BCUT2D eigenvalue weighted by Crippen LogP contribution is 2.31. The van der Waals surface area contributed by atoms with Crippen LogP contribution in [0.3, 0.4) is 0 Å². The average Bonchev–Trinajstić information content (AvgIpc) is 2.95. The summed E-state index contributed by atoms with van der Waals surface area (Å²) in [4.78, 5) is 12.2. The first-order chi connectivity index (χ1) is 9.70. The number of carbonyl (C=O) groups is 1. The van der Waals surface area contributed by atoms with E-state index < -0.39 is 0 Å². The molecule has 1 aromatic carbocycles. The Bertz CT molecular complexity index is 458. The van der Waals surface area contributed by atoms with Crippen molar-refractivity contribution in [1.29, 1.82) is 0 Å². The largest absolute Gasteiger partial charge is 0.489 e. The van der Waals surface area contributed by atoms with Gasteiger partial charge < -0.3 is 14.8 Å². The third-order valence-electron chi connectivity index (χ3n) is 3.47. The summed E-state index contributed by atoms with van der Waals surface area (Å²) in [5, 5.41) is 3.51. The lowest BCUT2D eigenvalue weighted by Gasteiger charge is -2.15. The molecule has 0 saturated heterocycles. The van der Waals surface area contributed by atoms with Crippen LogP contribution in [0.15, 0.2) is 18.2 Å². The summed E-state index contributed by atoms with van der Waals surface area (Å²) in [6.07, 6.45) is 4.19. The minimum absolute atomic E-state index is 0.0568. The number of hydrogen-bond acceptors (Lipinski definition) is 3. The fourth-order valence-corrected chi connectivity index (χ4v) is 2.56. The second-order valence-corrected chi connectivity index (χ2v) is 5.39. The summed E-state index contributed by atoms with van der Waals surface area (Å²) < 4.78 is 10.5. The van der Waals surface area contributed by atoms with Crippen LogP contribution in [0.5, 0.6) is 5.75 Å². The minimum atomic E-state index is 0.0568. The van der Waals surface area contributed by atoms with Crippen molar-refractivity contribution in [2.75, 3.05) is 25.6 Å². The zero-order valence-electron chi connectivity index (χ0n) is 11.7. The smallest absolute Gasteiger partial charge is 0.227 e. The Morgan fingerprint density at radius 3 is 2.80 bits per heavy atom. The van der Waals surface area contributed by atoms with Gasteiger partial charge in [0.25, 0.3) is 0 Å². The van der Waals surface area contributed by atoms with Crippen molar-refractivity contribution in [2.45, 2.75) is 25.7 Å². The van der Waals surface area contributed by atoms with Gasteiger partial charge in [-0.15, -0.1) is 0 Å². The van der Waals surface area contributed by atoms with Gasteiger partial charge >= 0.3 is 0 Å². The molecule has 0 atom stereocenters. The normalized spacial score (nSPS) is 15.3. The first-order valence-corrected chi connectivity index (χ1v) is 7.30. The van der Waals surface area contributed by atoms with Crippen LogP contribution in [0.2, 0.25) is 5.02 Å². The van der Waals surface area contributed by atoms with E-state index in [2.05, 4.69) is 5.32 Å². The topological polar surface area (TPSA) is 47.6 Å². The maximum Gasteiger partial charge on any atom is 0.227 e. The number of methoxy groups -OCH3 is 1. The van der Waals surface area contributed by atoms with Crippen LogP contribution in [0.1, 0.15) is 25.7 Å². The zero-order chi connectivity index (χ0) is 14.4. The number of anilines is 1. The molecule has 1 aromatic rings. The van der Waals surface area contributed by atoms with Crippen LogP contribution in [0.4, 0.5) is 5.69 Å². The van der Waals surface area contributed by atoms with Crippen molar-refractivity contribution < 1.29 is 14.3 Å². The van der Waals surface area contributed by atoms with Gasteiger partial charge in [0.05, 0.1) is 12.3 Å². The van der Waals surface area contributed by atoms with Gasteiger partial charge in [-0.25, -0.2) is 0 Å². The molecule has 0 spiro atoms. The molecule has 20 heavy (non-hydrogen) atoms. The molecule has 1 amide bonds. The van der Waals surface area contributed by atoms with Crippen LogP contribution < -0.4 is 10.1 Å². The third kappa shape index (κ3) is 4.12. The van der Waals surface area contributed by atoms with Crippen LogP contribution in [0.25, 0.3) is 0 Å². The molecule has 2 rings (SSSR count). The number of rotatable bonds is 6. The molecule has 5 heteroatoms. The van der Waals surface area contributed by atoms with Crippen molar-refractivity contribution in [2.24, 2.45) is 5.92 Å². The lowest BCUT2D eigenvalue weighted by atomic mass is 10.1. The molecule has 0 radical (unpaired) electrons. The van der Waals surface area contributed by atoms with E-state index in [0.717, 1.165) is 25.7 Å². The molecular weight excluding hydrogens is 278 g/mol. The monoisotopic (exact) mass is 297 g/mol. The fraction of sp³-hybridized carbons (Fsp3) is 0.533. The van der Waals surface area contributed by atoms with Gasteiger partial charge in [-0.05, 0) is 31.0 Å². The van der Waals surface area contributed by atoms with E-state index in [9.17, 15) is 4.79 Å². The van der Waals surface area contributed by atoms with E-state index in [4.69, 9.17) is 21.1 Å². The highest BCUT2D eigenvalue weighted by molar-refractivity contribution is 6.31. The number of carbonyl (C=O) groups excluding carboxylic acids is 1. The third-order valence-corrected chi connectivity index (χ3v) is 3.71. The molecule has 0 unspecified atom stereocenters. The Labute approximate surface area is 124 Å². The van der Waals surface area contributed by atoms with E-state index in [1.54, 1.807) is 25.3 Å². The van der Waals surface area contributed by atoms with Crippen molar-refractivity contribution in [3.8, 4) is 5.75 Å². The zero-order valence-corrected chi connectivity index (χ0v) is 12.4. The van der Waals surface area contributed by atoms with E-state index in [0.29, 0.717) is 29.7 Å². The summed E-state index contributed by atoms with van der Waals surface area (Å²) in [5.74, 6) is 0.792. The van der Waals surface area contributed by atoms with E-state index in [1.165, 1.54) is 0 Å². The quantitative estimate of drug-likeness (QED) is 0.818. The summed E-state index contributed by atoms with van der Waals surface area (Å²) in [6, 6.07) is 5.23. The maximum atomic E-state index is 12.2. The highest BCUT2D eigenvalue weighted by Gasteiger charge is 2.23. The van der Waals surface area contributed by atoms with Gasteiger partial charge in [0, 0.05) is 18.1 Å². The molecule has 0 bridgehead atoms. The van der Waals surface area contributed by atoms with Crippen LogP contribution in [-0.2, 0) is 9.53 Å². The van der Waals surface area contributed by atoms with Crippen molar-refractivity contribution in [3.63, 3.8) is 0 Å². The fourth-order valence-electron chi connectivity index (χ4n) is 2.38.